The molecule has 0 N–H and O–H groups in total. The van der Waals surface area contributed by atoms with Crippen molar-refractivity contribution < 1.29 is 0 Å². The summed E-state index contributed by atoms with van der Waals surface area (Å²) in [6.45, 7) is 0. The maximum atomic E-state index is 3.09. The van der Waals surface area contributed by atoms with Gasteiger partial charge in [0.05, 0.1) is 0 Å². The molecule has 0 fully saturated rings. The van der Waals surface area contributed by atoms with E-state index in [2.05, 4.69) is 75.6 Å². The second-order valence-corrected chi connectivity index (χ2v) is 9.17. The molecule has 2 aromatic carbocycles. The molecule has 0 saturated carbocycles. The first-order chi connectivity index (χ1) is 7.42. The third-order valence-corrected chi connectivity index (χ3v) is 8.27. The number of benzene rings is 2. The van der Waals surface area contributed by atoms with Gasteiger partial charge in [0.2, 0.25) is 0 Å². The molecule has 0 atom stereocenters. The van der Waals surface area contributed by atoms with Gasteiger partial charge in [-0.2, -0.15) is 0 Å². The molecule has 0 nitrogen and oxygen atoms in total. The third-order valence-electron chi connectivity index (χ3n) is 2.06. The zero-order chi connectivity index (χ0) is 10.5. The standard InChI is InChI=1S/C12H11PSSe/c15-14-13(11-7-3-1-4-8-11)12-9-5-2-6-10-12/h1-10,15H/p-1. The predicted octanol–water partition coefficient (Wildman–Crippen LogP) is 2.85. The van der Waals surface area contributed by atoms with Crippen molar-refractivity contribution >= 4 is 42.4 Å². The Bertz CT molecular complexity index is 365. The van der Waals surface area contributed by atoms with Crippen LogP contribution in [-0.4, -0.2) is 14.9 Å². The zero-order valence-electron chi connectivity index (χ0n) is 8.04. The average molecular weight is 296 g/mol. The van der Waals surface area contributed by atoms with Crippen LogP contribution < -0.4 is 10.6 Å². The van der Waals surface area contributed by atoms with Crippen molar-refractivity contribution in [3.8, 4) is 0 Å². The van der Waals surface area contributed by atoms with Crippen LogP contribution in [0.15, 0.2) is 60.7 Å². The van der Waals surface area contributed by atoms with E-state index >= 15 is 0 Å². The van der Waals surface area contributed by atoms with Crippen LogP contribution in [0.1, 0.15) is 0 Å². The Labute approximate surface area is 103 Å². The normalized spacial score (nSPS) is 10.5. The Balaban J connectivity index is 2.34. The molecule has 0 unspecified atom stereocenters. The fourth-order valence-electron chi connectivity index (χ4n) is 1.36. The van der Waals surface area contributed by atoms with Gasteiger partial charge < -0.3 is 0 Å². The van der Waals surface area contributed by atoms with Crippen molar-refractivity contribution in [3.05, 3.63) is 60.7 Å². The molecule has 0 saturated heterocycles. The zero-order valence-corrected chi connectivity index (χ0v) is 11.5. The Morgan fingerprint density at radius 2 is 1.13 bits per heavy atom. The van der Waals surface area contributed by atoms with Crippen molar-refractivity contribution in [1.82, 2.24) is 0 Å². The Hall–Kier alpha value is -0.261. The topological polar surface area (TPSA) is 0 Å². The molecule has 2 aromatic rings. The van der Waals surface area contributed by atoms with E-state index in [1.54, 1.807) is 0 Å². The number of hydrogen-bond acceptors (Lipinski definition) is 1. The molecule has 0 aliphatic rings. The molecule has 2 rings (SSSR count). The third kappa shape index (κ3) is 2.86. The SMILES string of the molecule is [Se-]SP(c1ccccc1)c1ccccc1. The summed E-state index contributed by atoms with van der Waals surface area (Å²) in [5.41, 5.74) is 0. The van der Waals surface area contributed by atoms with Crippen molar-refractivity contribution in [1.29, 1.82) is 0 Å². The van der Waals surface area contributed by atoms with Gasteiger partial charge in [-0.15, -0.1) is 0 Å². The van der Waals surface area contributed by atoms with E-state index in [0.29, 0.717) is 0 Å². The van der Waals surface area contributed by atoms with Gasteiger partial charge >= 0.3 is 103 Å². The van der Waals surface area contributed by atoms with Gasteiger partial charge in [-0.1, -0.05) is 0 Å². The number of hydrogen-bond donors (Lipinski definition) is 0. The molecular weight excluding hydrogens is 286 g/mol. The van der Waals surface area contributed by atoms with Crippen LogP contribution in [0.4, 0.5) is 0 Å². The Kier molecular flexibility index (Phi) is 4.29. The van der Waals surface area contributed by atoms with Crippen molar-refractivity contribution in [2.75, 3.05) is 0 Å². The van der Waals surface area contributed by atoms with Gasteiger partial charge in [0, 0.05) is 0 Å². The molecular formula is C12H10PSSe-. The first-order valence-electron chi connectivity index (χ1n) is 4.62. The molecule has 76 valence electrons. The average Bonchev–Trinajstić information content (AvgIpc) is 2.33. The monoisotopic (exact) mass is 297 g/mol. The molecule has 0 aromatic heterocycles. The molecule has 3 heteroatoms. The quantitative estimate of drug-likeness (QED) is 0.620. The summed E-state index contributed by atoms with van der Waals surface area (Å²) in [4.78, 5) is 0. The van der Waals surface area contributed by atoms with Crippen LogP contribution in [-0.2, 0) is 0 Å². The first-order valence-corrected chi connectivity index (χ1v) is 9.40. The minimum absolute atomic E-state index is 0.288. The fraction of sp³-hybridized carbons (Fsp3) is 0. The van der Waals surface area contributed by atoms with Crippen LogP contribution in [0, 0.1) is 0 Å². The van der Waals surface area contributed by atoms with Gasteiger partial charge in [0.15, 0.2) is 0 Å². The summed E-state index contributed by atoms with van der Waals surface area (Å²) in [7, 11) is 1.53. The molecule has 0 spiro atoms. The van der Waals surface area contributed by atoms with E-state index in [1.165, 1.54) is 10.6 Å². The molecule has 0 aliphatic carbocycles. The molecule has 15 heavy (non-hydrogen) atoms. The summed E-state index contributed by atoms with van der Waals surface area (Å²) in [5.74, 6) is 0. The summed E-state index contributed by atoms with van der Waals surface area (Å²) in [6.07, 6.45) is 0. The molecule has 0 aliphatic heterocycles. The second-order valence-electron chi connectivity index (χ2n) is 3.04. The van der Waals surface area contributed by atoms with Crippen molar-refractivity contribution in [2.45, 2.75) is 0 Å². The van der Waals surface area contributed by atoms with Gasteiger partial charge in [0.1, 0.15) is 0 Å². The van der Waals surface area contributed by atoms with Gasteiger partial charge in [-0.3, -0.25) is 0 Å². The Morgan fingerprint density at radius 3 is 1.47 bits per heavy atom. The summed E-state index contributed by atoms with van der Waals surface area (Å²) in [6, 6.07) is 21.3. The van der Waals surface area contributed by atoms with Gasteiger partial charge in [-0.05, 0) is 0 Å². The number of rotatable bonds is 3. The van der Waals surface area contributed by atoms with Crippen LogP contribution in [0.25, 0.3) is 0 Å². The van der Waals surface area contributed by atoms with E-state index in [-0.39, 0.29) is 7.12 Å². The van der Waals surface area contributed by atoms with Crippen LogP contribution in [0.2, 0.25) is 0 Å². The summed E-state index contributed by atoms with van der Waals surface area (Å²) in [5, 5.41) is 2.81. The van der Waals surface area contributed by atoms with Crippen molar-refractivity contribution in [3.63, 3.8) is 0 Å². The van der Waals surface area contributed by atoms with Crippen LogP contribution in [0.3, 0.4) is 0 Å². The van der Waals surface area contributed by atoms with E-state index in [1.807, 2.05) is 9.80 Å². The van der Waals surface area contributed by atoms with E-state index in [4.69, 9.17) is 0 Å². The van der Waals surface area contributed by atoms with Crippen LogP contribution in [0.5, 0.6) is 0 Å². The molecule has 0 radical (unpaired) electrons. The fourth-order valence-corrected chi connectivity index (χ4v) is 7.22. The van der Waals surface area contributed by atoms with E-state index < -0.39 is 0 Å². The Morgan fingerprint density at radius 1 is 0.733 bits per heavy atom. The van der Waals surface area contributed by atoms with E-state index in [9.17, 15) is 0 Å². The molecule has 0 heterocycles. The van der Waals surface area contributed by atoms with Gasteiger partial charge in [-0.25, -0.2) is 0 Å². The maximum absolute atomic E-state index is 3.09. The first kappa shape index (κ1) is 11.2. The van der Waals surface area contributed by atoms with Crippen LogP contribution >= 0.6 is 16.9 Å². The summed E-state index contributed by atoms with van der Waals surface area (Å²) < 4.78 is 0. The van der Waals surface area contributed by atoms with Crippen molar-refractivity contribution in [2.24, 2.45) is 0 Å². The van der Waals surface area contributed by atoms with Gasteiger partial charge in [0.25, 0.3) is 0 Å². The molecule has 0 bridgehead atoms. The predicted molar refractivity (Wildman–Crippen MR) is 72.4 cm³/mol. The minimum atomic E-state index is -0.288. The molecule has 0 amide bonds. The summed E-state index contributed by atoms with van der Waals surface area (Å²) >= 11 is 3.09. The van der Waals surface area contributed by atoms with E-state index in [0.717, 1.165) is 0 Å². The second kappa shape index (κ2) is 5.72.